The zero-order valence-electron chi connectivity index (χ0n) is 15.5. The van der Waals surface area contributed by atoms with Crippen molar-refractivity contribution in [2.75, 3.05) is 6.61 Å². The Kier molecular flexibility index (Phi) is 6.91. The molecule has 3 unspecified atom stereocenters. The van der Waals surface area contributed by atoms with Crippen molar-refractivity contribution in [3.8, 4) is 0 Å². The zero-order chi connectivity index (χ0) is 18.7. The summed E-state index contributed by atoms with van der Waals surface area (Å²) < 4.78 is 11.7. The summed E-state index contributed by atoms with van der Waals surface area (Å²) >= 11 is 0. The molecule has 4 N–H and O–H groups in total. The molecule has 0 aromatic heterocycles. The molecule has 3 aliphatic rings. The molecule has 26 heavy (non-hydrogen) atoms. The summed E-state index contributed by atoms with van der Waals surface area (Å²) in [5, 5.41) is 32.4. The van der Waals surface area contributed by atoms with Gasteiger partial charge in [0.2, 0.25) is 5.91 Å². The molecule has 0 spiro atoms. The van der Waals surface area contributed by atoms with E-state index in [9.17, 15) is 20.1 Å². The van der Waals surface area contributed by atoms with Crippen molar-refractivity contribution in [1.82, 2.24) is 5.32 Å². The second-order valence-electron chi connectivity index (χ2n) is 8.24. The molecule has 0 aromatic rings. The maximum absolute atomic E-state index is 11.5. The van der Waals surface area contributed by atoms with E-state index in [-0.39, 0.29) is 12.0 Å². The monoisotopic (exact) mass is 371 g/mol. The third kappa shape index (κ3) is 4.75. The van der Waals surface area contributed by atoms with Gasteiger partial charge in [0.15, 0.2) is 6.29 Å². The van der Waals surface area contributed by atoms with Crippen molar-refractivity contribution < 1.29 is 29.6 Å². The van der Waals surface area contributed by atoms with Gasteiger partial charge in [-0.15, -0.1) is 0 Å². The van der Waals surface area contributed by atoms with E-state index in [1.807, 2.05) is 0 Å². The highest BCUT2D eigenvalue weighted by molar-refractivity contribution is 5.73. The Morgan fingerprint density at radius 2 is 1.73 bits per heavy atom. The number of ether oxygens (including phenoxy) is 2. The van der Waals surface area contributed by atoms with Crippen molar-refractivity contribution in [3.05, 3.63) is 0 Å². The molecular weight excluding hydrogens is 338 g/mol. The van der Waals surface area contributed by atoms with Gasteiger partial charge in [0.1, 0.15) is 24.4 Å². The van der Waals surface area contributed by atoms with Gasteiger partial charge < -0.3 is 30.1 Å². The second-order valence-corrected chi connectivity index (χ2v) is 8.24. The van der Waals surface area contributed by atoms with Crippen LogP contribution < -0.4 is 5.32 Å². The lowest BCUT2D eigenvalue weighted by Gasteiger charge is -2.44. The Labute approximate surface area is 155 Å². The molecule has 1 heterocycles. The fourth-order valence-corrected chi connectivity index (χ4v) is 4.48. The highest BCUT2D eigenvalue weighted by Crippen LogP contribution is 2.38. The van der Waals surface area contributed by atoms with Crippen molar-refractivity contribution in [1.29, 1.82) is 0 Å². The van der Waals surface area contributed by atoms with Crippen LogP contribution in [0, 0.1) is 11.8 Å². The topological polar surface area (TPSA) is 108 Å². The lowest BCUT2D eigenvalue weighted by molar-refractivity contribution is -0.284. The van der Waals surface area contributed by atoms with Crippen molar-refractivity contribution >= 4 is 5.91 Å². The molecule has 150 valence electrons. The number of amides is 1. The van der Waals surface area contributed by atoms with E-state index in [1.54, 1.807) is 0 Å². The van der Waals surface area contributed by atoms with Crippen LogP contribution >= 0.6 is 0 Å². The predicted molar refractivity (Wildman–Crippen MR) is 94.2 cm³/mol. The SMILES string of the molecule is CC(=O)NC1C(O)[C@@H](O)C(CO)O[C@@H]1OC1CCC(CC2CCC2)CC1. The Balaban J connectivity index is 1.54. The number of rotatable bonds is 6. The minimum absolute atomic E-state index is 0.00989. The summed E-state index contributed by atoms with van der Waals surface area (Å²) in [6, 6.07) is -0.849. The van der Waals surface area contributed by atoms with Crippen LogP contribution in [-0.2, 0) is 14.3 Å². The number of aliphatic hydroxyl groups is 3. The molecule has 1 aliphatic heterocycles. The minimum atomic E-state index is -1.27. The van der Waals surface area contributed by atoms with Crippen LogP contribution in [0.3, 0.4) is 0 Å². The molecule has 3 fully saturated rings. The maximum Gasteiger partial charge on any atom is 0.217 e. The third-order valence-corrected chi connectivity index (χ3v) is 6.26. The lowest BCUT2D eigenvalue weighted by atomic mass is 9.74. The standard InChI is InChI=1S/C19H33NO6/c1-11(22)20-16-18(24)17(23)15(10-21)26-19(16)25-14-7-5-13(6-8-14)9-12-3-2-4-12/h12-19,21,23-24H,2-10H2,1H3,(H,20,22)/t13?,14?,15?,16?,17-,18?,19-/m0/s1. The fourth-order valence-electron chi connectivity index (χ4n) is 4.48. The molecule has 7 heteroatoms. The van der Waals surface area contributed by atoms with Crippen LogP contribution in [0.1, 0.15) is 58.3 Å². The maximum atomic E-state index is 11.5. The molecule has 7 nitrogen and oxygen atoms in total. The number of aliphatic hydroxyl groups excluding tert-OH is 3. The van der Waals surface area contributed by atoms with Gasteiger partial charge in [-0.25, -0.2) is 0 Å². The number of hydrogen-bond donors (Lipinski definition) is 4. The Hall–Kier alpha value is -0.730. The van der Waals surface area contributed by atoms with Crippen LogP contribution in [0.4, 0.5) is 0 Å². The Bertz CT molecular complexity index is 463. The highest BCUT2D eigenvalue weighted by atomic mass is 16.7. The van der Waals surface area contributed by atoms with Gasteiger partial charge in [-0.3, -0.25) is 4.79 Å². The van der Waals surface area contributed by atoms with E-state index in [0.29, 0.717) is 0 Å². The first kappa shape index (κ1) is 20.0. The highest BCUT2D eigenvalue weighted by Gasteiger charge is 2.46. The Morgan fingerprint density at radius 1 is 1.08 bits per heavy atom. The summed E-state index contributed by atoms with van der Waals surface area (Å²) in [5.41, 5.74) is 0. The number of carbonyl (C=O) groups is 1. The van der Waals surface area contributed by atoms with Gasteiger partial charge in [0, 0.05) is 6.92 Å². The van der Waals surface area contributed by atoms with E-state index >= 15 is 0 Å². The molecule has 0 aromatic carbocycles. The van der Waals surface area contributed by atoms with Crippen LogP contribution in [0.15, 0.2) is 0 Å². The molecule has 0 radical (unpaired) electrons. The first-order valence-corrected chi connectivity index (χ1v) is 10.0. The normalized spacial score (nSPS) is 41.5. The molecule has 1 amide bonds. The third-order valence-electron chi connectivity index (χ3n) is 6.26. The summed E-state index contributed by atoms with van der Waals surface area (Å²) in [7, 11) is 0. The number of nitrogens with one attached hydrogen (secondary N) is 1. The van der Waals surface area contributed by atoms with Gasteiger partial charge in [-0.2, -0.15) is 0 Å². The van der Waals surface area contributed by atoms with E-state index in [2.05, 4.69) is 5.32 Å². The van der Waals surface area contributed by atoms with Gasteiger partial charge >= 0.3 is 0 Å². The first-order chi connectivity index (χ1) is 12.5. The van der Waals surface area contributed by atoms with Gasteiger partial charge in [0.25, 0.3) is 0 Å². The van der Waals surface area contributed by atoms with Crippen LogP contribution in [0.2, 0.25) is 0 Å². The van der Waals surface area contributed by atoms with Crippen LogP contribution in [-0.4, -0.2) is 64.6 Å². The molecule has 1 saturated heterocycles. The van der Waals surface area contributed by atoms with Gasteiger partial charge in [-0.05, 0) is 43.9 Å². The number of hydrogen-bond acceptors (Lipinski definition) is 6. The van der Waals surface area contributed by atoms with E-state index in [1.165, 1.54) is 32.6 Å². The van der Waals surface area contributed by atoms with Crippen molar-refractivity contribution in [3.63, 3.8) is 0 Å². The summed E-state index contributed by atoms with van der Waals surface area (Å²) in [6.07, 6.45) is 5.32. The second kappa shape index (κ2) is 8.97. The van der Waals surface area contributed by atoms with E-state index < -0.39 is 37.3 Å². The van der Waals surface area contributed by atoms with Gasteiger partial charge in [-0.1, -0.05) is 19.3 Å². The van der Waals surface area contributed by atoms with E-state index in [4.69, 9.17) is 9.47 Å². The summed E-state index contributed by atoms with van der Waals surface area (Å²) in [5.74, 6) is 1.37. The van der Waals surface area contributed by atoms with Crippen LogP contribution in [0.25, 0.3) is 0 Å². The average molecular weight is 371 g/mol. The van der Waals surface area contributed by atoms with Crippen molar-refractivity contribution in [2.45, 2.75) is 95.0 Å². The number of carbonyl (C=O) groups excluding carboxylic acids is 1. The molecule has 0 bridgehead atoms. The quantitative estimate of drug-likeness (QED) is 0.547. The lowest BCUT2D eigenvalue weighted by Crippen LogP contribution is -2.65. The van der Waals surface area contributed by atoms with E-state index in [0.717, 1.165) is 37.5 Å². The predicted octanol–water partition coefficient (Wildman–Crippen LogP) is 0.696. The molecule has 5 atom stereocenters. The zero-order valence-corrected chi connectivity index (χ0v) is 15.5. The smallest absolute Gasteiger partial charge is 0.217 e. The molecule has 2 aliphatic carbocycles. The largest absolute Gasteiger partial charge is 0.394 e. The minimum Gasteiger partial charge on any atom is -0.394 e. The van der Waals surface area contributed by atoms with Crippen molar-refractivity contribution in [2.24, 2.45) is 11.8 Å². The fraction of sp³-hybridized carbons (Fsp3) is 0.947. The molecule has 2 saturated carbocycles. The summed E-state index contributed by atoms with van der Waals surface area (Å²) in [4.78, 5) is 11.5. The molecular formula is C19H33NO6. The van der Waals surface area contributed by atoms with Gasteiger partial charge in [0.05, 0.1) is 12.7 Å². The van der Waals surface area contributed by atoms with Crippen LogP contribution in [0.5, 0.6) is 0 Å². The summed E-state index contributed by atoms with van der Waals surface area (Å²) in [6.45, 7) is 0.930. The first-order valence-electron chi connectivity index (χ1n) is 10.0. The Morgan fingerprint density at radius 3 is 2.27 bits per heavy atom. The molecule has 3 rings (SSSR count). The average Bonchev–Trinajstić information content (AvgIpc) is 2.58.